The van der Waals surface area contributed by atoms with E-state index in [2.05, 4.69) is 45.2 Å². The first-order valence-electron chi connectivity index (χ1n) is 9.83. The van der Waals surface area contributed by atoms with E-state index in [0.29, 0.717) is 33.0 Å². The van der Waals surface area contributed by atoms with E-state index < -0.39 is 0 Å². The van der Waals surface area contributed by atoms with Gasteiger partial charge in [-0.25, -0.2) is 0 Å². The average Bonchev–Trinajstić information content (AvgIpc) is 3.37. The summed E-state index contributed by atoms with van der Waals surface area (Å²) in [6, 6.07) is 19.5. The molecular formula is C24H15I2NO4S2. The van der Waals surface area contributed by atoms with Crippen molar-refractivity contribution in [2.75, 3.05) is 11.7 Å². The topological polar surface area (TPSA) is 48.0 Å². The maximum Gasteiger partial charge on any atom is 0.270 e. The summed E-state index contributed by atoms with van der Waals surface area (Å²) in [4.78, 5) is 15.3. The molecule has 9 heteroatoms. The van der Waals surface area contributed by atoms with Crippen molar-refractivity contribution in [3.8, 4) is 17.2 Å². The lowest BCUT2D eigenvalue weighted by Gasteiger charge is -2.14. The monoisotopic (exact) mass is 699 g/mol. The highest BCUT2D eigenvalue weighted by Crippen LogP contribution is 2.41. The molecule has 5 rings (SSSR count). The Morgan fingerprint density at radius 1 is 1.03 bits per heavy atom. The van der Waals surface area contributed by atoms with Crippen LogP contribution in [0.4, 0.5) is 5.69 Å². The van der Waals surface area contributed by atoms with E-state index in [4.69, 9.17) is 26.4 Å². The number of anilines is 1. The molecule has 0 saturated carbocycles. The molecule has 3 aromatic rings. The van der Waals surface area contributed by atoms with Crippen LogP contribution in [0.2, 0.25) is 0 Å². The van der Waals surface area contributed by atoms with Crippen LogP contribution in [0, 0.1) is 7.14 Å². The van der Waals surface area contributed by atoms with E-state index in [0.717, 1.165) is 24.0 Å². The number of hydrogen-bond donors (Lipinski definition) is 0. The molecule has 0 unspecified atom stereocenters. The lowest BCUT2D eigenvalue weighted by molar-refractivity contribution is -0.113. The summed E-state index contributed by atoms with van der Waals surface area (Å²) in [5.41, 5.74) is 2.70. The van der Waals surface area contributed by atoms with Crippen molar-refractivity contribution in [3.05, 3.63) is 83.8 Å². The normalized spacial score (nSPS) is 16.1. The predicted octanol–water partition coefficient (Wildman–Crippen LogP) is 6.61. The third-order valence-corrected chi connectivity index (χ3v) is 7.86. The summed E-state index contributed by atoms with van der Waals surface area (Å²) < 4.78 is 19.3. The number of fused-ring (bicyclic) bond motifs is 1. The van der Waals surface area contributed by atoms with Crippen LogP contribution in [0.3, 0.4) is 0 Å². The summed E-state index contributed by atoms with van der Waals surface area (Å²) in [5, 5.41) is 0. The third kappa shape index (κ3) is 4.86. The molecule has 2 aliphatic rings. The van der Waals surface area contributed by atoms with Crippen molar-refractivity contribution in [1.82, 2.24) is 0 Å². The number of benzene rings is 3. The molecule has 5 nitrogen and oxygen atoms in total. The maximum absolute atomic E-state index is 13.2. The van der Waals surface area contributed by atoms with Gasteiger partial charge < -0.3 is 14.2 Å². The van der Waals surface area contributed by atoms with Crippen molar-refractivity contribution < 1.29 is 19.0 Å². The van der Waals surface area contributed by atoms with E-state index in [9.17, 15) is 4.79 Å². The zero-order valence-electron chi connectivity index (χ0n) is 16.9. The Kier molecular flexibility index (Phi) is 6.81. The van der Waals surface area contributed by atoms with Crippen LogP contribution in [0.25, 0.3) is 6.08 Å². The third-order valence-electron chi connectivity index (χ3n) is 4.95. The summed E-state index contributed by atoms with van der Waals surface area (Å²) in [6.45, 7) is 0.680. The lowest BCUT2D eigenvalue weighted by Crippen LogP contribution is -2.27. The van der Waals surface area contributed by atoms with Gasteiger partial charge >= 0.3 is 0 Å². The predicted molar refractivity (Wildman–Crippen MR) is 151 cm³/mol. The Morgan fingerprint density at radius 3 is 2.52 bits per heavy atom. The molecule has 0 atom stereocenters. The first-order chi connectivity index (χ1) is 16.0. The summed E-state index contributed by atoms with van der Waals surface area (Å²) in [5.74, 6) is 1.96. The molecule has 0 radical (unpaired) electrons. The van der Waals surface area contributed by atoms with Crippen molar-refractivity contribution in [2.45, 2.75) is 6.61 Å². The molecule has 2 aliphatic heterocycles. The number of carbonyl (C=O) groups excluding carboxylic acids is 1. The highest BCUT2D eigenvalue weighted by atomic mass is 127. The molecule has 3 aromatic carbocycles. The second kappa shape index (κ2) is 9.80. The van der Waals surface area contributed by atoms with Crippen LogP contribution >= 0.6 is 69.2 Å². The van der Waals surface area contributed by atoms with Gasteiger partial charge in [0.2, 0.25) is 6.79 Å². The number of nitrogens with zero attached hydrogens (tertiary/aromatic N) is 1. The number of rotatable bonds is 5. The first kappa shape index (κ1) is 22.9. The van der Waals surface area contributed by atoms with Crippen LogP contribution in [0.1, 0.15) is 11.1 Å². The fraction of sp³-hybridized carbons (Fsp3) is 0.0833. The molecule has 0 aromatic heterocycles. The molecule has 1 fully saturated rings. The van der Waals surface area contributed by atoms with Gasteiger partial charge in [0.25, 0.3) is 5.91 Å². The zero-order valence-corrected chi connectivity index (χ0v) is 22.9. The lowest BCUT2D eigenvalue weighted by atomic mass is 10.2. The van der Waals surface area contributed by atoms with Gasteiger partial charge in [-0.2, -0.15) is 0 Å². The van der Waals surface area contributed by atoms with Crippen molar-refractivity contribution in [1.29, 1.82) is 0 Å². The number of halogens is 2. The quantitative estimate of drug-likeness (QED) is 0.170. The molecule has 1 amide bonds. The van der Waals surface area contributed by atoms with Crippen LogP contribution in [-0.2, 0) is 11.4 Å². The van der Waals surface area contributed by atoms with Gasteiger partial charge in [0, 0.05) is 6.07 Å². The second-order valence-electron chi connectivity index (χ2n) is 7.14. The molecule has 0 aliphatic carbocycles. The SMILES string of the molecule is O=C1/C(=C\c2cc(I)c(OCc3ccccc3)c(I)c2)SC(=S)N1c1ccc2c(c1)OCO2. The molecule has 0 spiro atoms. The number of amides is 1. The number of thioether (sulfide) groups is 1. The maximum atomic E-state index is 13.2. The van der Waals surface area contributed by atoms with Crippen molar-refractivity contribution in [2.24, 2.45) is 0 Å². The molecule has 33 heavy (non-hydrogen) atoms. The minimum Gasteiger partial charge on any atom is -0.487 e. The van der Waals surface area contributed by atoms with Crippen LogP contribution in [0.5, 0.6) is 17.2 Å². The molecule has 0 bridgehead atoms. The second-order valence-corrected chi connectivity index (χ2v) is 11.1. The standard InChI is InChI=1S/C24H15I2NO4S2/c25-17-8-15(9-18(26)22(17)29-12-14-4-2-1-3-5-14)10-21-23(28)27(24(32)33-21)16-6-7-19-20(11-16)31-13-30-19/h1-11H,12-13H2/b21-10+. The summed E-state index contributed by atoms with van der Waals surface area (Å²) >= 11 is 11.3. The Labute approximate surface area is 227 Å². The zero-order chi connectivity index (χ0) is 22.9. The van der Waals surface area contributed by atoms with E-state index in [1.165, 1.54) is 16.7 Å². The van der Waals surface area contributed by atoms with Crippen molar-refractivity contribution >= 4 is 91.2 Å². The van der Waals surface area contributed by atoms with Crippen molar-refractivity contribution in [3.63, 3.8) is 0 Å². The van der Waals surface area contributed by atoms with Gasteiger partial charge in [-0.15, -0.1) is 0 Å². The Morgan fingerprint density at radius 2 is 1.76 bits per heavy atom. The van der Waals surface area contributed by atoms with Gasteiger partial charge in [0.15, 0.2) is 15.8 Å². The molecule has 2 heterocycles. The first-order valence-corrected chi connectivity index (χ1v) is 13.2. The highest BCUT2D eigenvalue weighted by Gasteiger charge is 2.34. The fourth-order valence-electron chi connectivity index (χ4n) is 3.40. The van der Waals surface area contributed by atoms with E-state index in [1.807, 2.05) is 54.6 Å². The Bertz CT molecular complexity index is 1270. The number of hydrogen-bond acceptors (Lipinski definition) is 6. The van der Waals surface area contributed by atoms with Gasteiger partial charge in [-0.1, -0.05) is 54.3 Å². The minimum absolute atomic E-state index is 0.154. The Hall–Kier alpha value is -1.83. The summed E-state index contributed by atoms with van der Waals surface area (Å²) in [7, 11) is 0. The fourth-order valence-corrected chi connectivity index (χ4v) is 6.82. The van der Waals surface area contributed by atoms with E-state index >= 15 is 0 Å². The van der Waals surface area contributed by atoms with Gasteiger partial charge in [0.1, 0.15) is 12.4 Å². The Balaban J connectivity index is 1.36. The smallest absolute Gasteiger partial charge is 0.270 e. The van der Waals surface area contributed by atoms with Crippen LogP contribution in [-0.4, -0.2) is 17.0 Å². The van der Waals surface area contributed by atoms with Gasteiger partial charge in [-0.05, 0) is 86.7 Å². The summed E-state index contributed by atoms with van der Waals surface area (Å²) in [6.07, 6.45) is 1.87. The molecule has 166 valence electrons. The average molecular weight is 699 g/mol. The van der Waals surface area contributed by atoms with Gasteiger partial charge in [-0.3, -0.25) is 9.69 Å². The van der Waals surface area contributed by atoms with Crippen LogP contribution in [0.15, 0.2) is 65.6 Å². The van der Waals surface area contributed by atoms with Crippen LogP contribution < -0.4 is 19.1 Å². The highest BCUT2D eigenvalue weighted by molar-refractivity contribution is 14.1. The molecule has 0 N–H and O–H groups in total. The molecular weight excluding hydrogens is 684 g/mol. The minimum atomic E-state index is -0.154. The van der Waals surface area contributed by atoms with E-state index in [-0.39, 0.29) is 12.7 Å². The number of thiocarbonyl (C=S) groups is 1. The largest absolute Gasteiger partial charge is 0.487 e. The van der Waals surface area contributed by atoms with E-state index in [1.54, 1.807) is 12.1 Å². The van der Waals surface area contributed by atoms with Gasteiger partial charge in [0.05, 0.1) is 17.7 Å². The molecule has 1 saturated heterocycles. The number of ether oxygens (including phenoxy) is 3. The number of carbonyl (C=O) groups is 1.